The minimum atomic E-state index is -1.73. The van der Waals surface area contributed by atoms with Gasteiger partial charge in [-0.25, -0.2) is 4.79 Å². The predicted molar refractivity (Wildman–Crippen MR) is 295 cm³/mol. The SMILES string of the molecule is NCCCC[C@H](NC(=O)CNC(=O)[C@H](CCC(=O)O)NC(=O)[C@H](CCCN=C(N)N)NC(=O)[C@@H]1CCCN1C(=O)[C@H](CO)NC(=O)[C@@H]1CCCN1)C(=O)N[C@@H](CCCN=C(N)N)C(=O)N[C@@H](CO)C(=O)N[C@@H](Cc1ccc(O)cc1)C(=O)O. The van der Waals surface area contributed by atoms with Gasteiger partial charge < -0.3 is 107 Å². The number of unbranched alkanes of at least 4 members (excludes halogenated alkanes) is 1. The molecule has 2 saturated heterocycles. The van der Waals surface area contributed by atoms with Crippen molar-refractivity contribution >= 4 is 77.0 Å². The summed E-state index contributed by atoms with van der Waals surface area (Å²) in [6.07, 6.45) is 0.714. The number of aliphatic carboxylic acids is 2. The Bertz CT molecular complexity index is 2440. The molecule has 0 aromatic heterocycles. The van der Waals surface area contributed by atoms with Gasteiger partial charge in [0.1, 0.15) is 54.1 Å². The van der Waals surface area contributed by atoms with Crippen LogP contribution < -0.4 is 76.5 Å². The third-order valence-corrected chi connectivity index (χ3v) is 13.3. The number of aliphatic hydroxyl groups excluding tert-OH is 2. The van der Waals surface area contributed by atoms with E-state index in [0.717, 1.165) is 6.42 Å². The Labute approximate surface area is 477 Å². The number of hydrogen-bond donors (Lipinski definition) is 19. The lowest BCUT2D eigenvalue weighted by Crippen LogP contribution is -2.59. The lowest BCUT2D eigenvalue weighted by Gasteiger charge is -2.30. The largest absolute Gasteiger partial charge is 0.508 e. The molecule has 0 spiro atoms. The first-order chi connectivity index (χ1) is 39.5. The molecule has 0 unspecified atom stereocenters. The number of carboxylic acids is 2. The average molecular weight is 1180 g/mol. The van der Waals surface area contributed by atoms with Crippen LogP contribution in [-0.2, 0) is 59.2 Å². The molecule has 2 aliphatic heterocycles. The highest BCUT2D eigenvalue weighted by molar-refractivity contribution is 5.98. The van der Waals surface area contributed by atoms with Gasteiger partial charge in [-0.3, -0.25) is 57.9 Å². The van der Waals surface area contributed by atoms with Crippen molar-refractivity contribution in [3.05, 3.63) is 29.8 Å². The average Bonchev–Trinajstić information content (AvgIpc) is 4.33. The quantitative estimate of drug-likeness (QED) is 0.0167. The zero-order chi connectivity index (χ0) is 61.6. The zero-order valence-corrected chi connectivity index (χ0v) is 46.0. The molecule has 0 radical (unpaired) electrons. The van der Waals surface area contributed by atoms with E-state index in [4.69, 9.17) is 28.7 Å². The number of nitrogens with two attached hydrogens (primary N) is 5. The van der Waals surface area contributed by atoms with Gasteiger partial charge in [0.2, 0.25) is 53.2 Å². The van der Waals surface area contributed by atoms with Gasteiger partial charge in [-0.2, -0.15) is 0 Å². The molecule has 9 amide bonds. The van der Waals surface area contributed by atoms with E-state index >= 15 is 0 Å². The molecule has 33 heteroatoms. The lowest BCUT2D eigenvalue weighted by atomic mass is 10.0. The summed E-state index contributed by atoms with van der Waals surface area (Å²) >= 11 is 0. The third-order valence-electron chi connectivity index (χ3n) is 13.3. The molecule has 2 fully saturated rings. The summed E-state index contributed by atoms with van der Waals surface area (Å²) < 4.78 is 0. The molecule has 462 valence electrons. The zero-order valence-electron chi connectivity index (χ0n) is 46.0. The monoisotopic (exact) mass is 1180 g/mol. The van der Waals surface area contributed by atoms with Crippen LogP contribution in [0.15, 0.2) is 34.3 Å². The highest BCUT2D eigenvalue weighted by Crippen LogP contribution is 2.20. The highest BCUT2D eigenvalue weighted by Gasteiger charge is 2.40. The molecular formula is C50H81N17O16. The first-order valence-electron chi connectivity index (χ1n) is 27.2. The van der Waals surface area contributed by atoms with Crippen LogP contribution in [0, 0.1) is 0 Å². The van der Waals surface area contributed by atoms with Crippen LogP contribution in [-0.4, -0.2) is 214 Å². The molecule has 3 rings (SSSR count). The Morgan fingerprint density at radius 2 is 1.12 bits per heavy atom. The van der Waals surface area contributed by atoms with Gasteiger partial charge in [0.15, 0.2) is 11.9 Å². The number of hydrogen-bond acceptors (Lipinski definition) is 18. The number of carboxylic acid groups (broad SMARTS) is 2. The molecular weight excluding hydrogens is 1090 g/mol. The van der Waals surface area contributed by atoms with Crippen molar-refractivity contribution < 1.29 is 78.3 Å². The molecule has 83 heavy (non-hydrogen) atoms. The Morgan fingerprint density at radius 1 is 0.602 bits per heavy atom. The first-order valence-corrected chi connectivity index (χ1v) is 27.2. The van der Waals surface area contributed by atoms with Gasteiger partial charge in [-0.1, -0.05) is 12.1 Å². The van der Waals surface area contributed by atoms with Gasteiger partial charge in [0.05, 0.1) is 25.8 Å². The second-order valence-electron chi connectivity index (χ2n) is 19.7. The van der Waals surface area contributed by atoms with Gasteiger partial charge in [0.25, 0.3) is 0 Å². The fourth-order valence-electron chi connectivity index (χ4n) is 8.87. The lowest BCUT2D eigenvalue weighted by molar-refractivity contribution is -0.143. The van der Waals surface area contributed by atoms with Gasteiger partial charge in [-0.05, 0) is 108 Å². The highest BCUT2D eigenvalue weighted by atomic mass is 16.4. The number of aliphatic hydroxyl groups is 2. The summed E-state index contributed by atoms with van der Waals surface area (Å²) in [5, 5.41) is 71.6. The molecule has 1 aromatic carbocycles. The molecule has 0 aliphatic carbocycles. The maximum Gasteiger partial charge on any atom is 0.326 e. The van der Waals surface area contributed by atoms with E-state index in [-0.39, 0.29) is 95.2 Å². The molecule has 2 aliphatic rings. The molecule has 2 heterocycles. The second-order valence-corrected chi connectivity index (χ2v) is 19.7. The number of aliphatic imine (C=N–C) groups is 2. The summed E-state index contributed by atoms with van der Waals surface area (Å²) in [5.74, 6) is -11.5. The summed E-state index contributed by atoms with van der Waals surface area (Å²) in [7, 11) is 0. The predicted octanol–water partition coefficient (Wildman–Crippen LogP) is -7.64. The number of phenolic OH excluding ortho intramolecular Hbond substituents is 1. The minimum Gasteiger partial charge on any atom is -0.508 e. The number of phenols is 1. The van der Waals surface area contributed by atoms with E-state index in [1.807, 2.05) is 0 Å². The normalized spacial score (nSPS) is 17.1. The molecule has 0 bridgehead atoms. The second kappa shape index (κ2) is 36.1. The van der Waals surface area contributed by atoms with Crippen LogP contribution >= 0.6 is 0 Å². The van der Waals surface area contributed by atoms with Crippen molar-refractivity contribution in [1.82, 2.24) is 52.8 Å². The molecule has 9 atom stereocenters. The Balaban J connectivity index is 1.77. The standard InChI is InChI=1S/C50H81N17O16/c51-18-2-1-7-30(42(76)61-31(9-4-20-57-49(52)53)44(78)65-35(25-68)45(79)64-34(48(82)83)23-27-12-14-28(70)15-13-27)60-38(71)24-59-40(74)33(16-17-39(72)73)62-43(77)32(10-5-21-58-50(54)55)63-46(80)37-11-6-22-67(37)47(81)36(26-69)66-41(75)29-8-3-19-56-29/h12-15,29-37,56,68-70H,1-11,16-26,51H2,(H,59,74)(H,60,71)(H,61,76)(H,62,77)(H,63,80)(H,64,79)(H,65,78)(H,66,75)(H,72,73)(H,82,83)(H4,52,53,57)(H4,54,55,58)/t29-,30-,31-,32-,33-,34-,35-,36-,37-/m0/s1. The summed E-state index contributed by atoms with van der Waals surface area (Å²) in [4.78, 5) is 155. The number of benzene rings is 1. The van der Waals surface area contributed by atoms with Crippen LogP contribution in [0.25, 0.3) is 0 Å². The van der Waals surface area contributed by atoms with E-state index < -0.39 is 152 Å². The minimum absolute atomic E-state index is 0.00959. The maximum absolute atomic E-state index is 14.0. The van der Waals surface area contributed by atoms with E-state index in [1.165, 1.54) is 29.2 Å². The van der Waals surface area contributed by atoms with Crippen LogP contribution in [0.5, 0.6) is 5.75 Å². The number of guanidine groups is 2. The number of carbonyl (C=O) groups is 11. The van der Waals surface area contributed by atoms with Crippen molar-refractivity contribution in [1.29, 1.82) is 0 Å². The van der Waals surface area contributed by atoms with Crippen molar-refractivity contribution in [3.63, 3.8) is 0 Å². The number of rotatable bonds is 37. The van der Waals surface area contributed by atoms with Crippen molar-refractivity contribution in [2.45, 2.75) is 144 Å². The van der Waals surface area contributed by atoms with Crippen molar-refractivity contribution in [2.24, 2.45) is 38.7 Å². The number of likely N-dealkylation sites (tertiary alicyclic amines) is 1. The Hall–Kier alpha value is -8.43. The van der Waals surface area contributed by atoms with Crippen LogP contribution in [0.1, 0.15) is 89.0 Å². The van der Waals surface area contributed by atoms with E-state index in [0.29, 0.717) is 31.4 Å². The number of nitrogens with one attached hydrogen (secondary N) is 9. The van der Waals surface area contributed by atoms with Gasteiger partial charge in [-0.15, -0.1) is 0 Å². The van der Waals surface area contributed by atoms with Crippen LogP contribution in [0.3, 0.4) is 0 Å². The fourth-order valence-corrected chi connectivity index (χ4v) is 8.87. The van der Waals surface area contributed by atoms with Crippen LogP contribution in [0.4, 0.5) is 0 Å². The summed E-state index contributed by atoms with van der Waals surface area (Å²) in [6.45, 7) is -1.81. The van der Waals surface area contributed by atoms with Crippen molar-refractivity contribution in [2.75, 3.05) is 52.5 Å². The Kier molecular flexibility index (Phi) is 30.0. The Morgan fingerprint density at radius 3 is 1.65 bits per heavy atom. The molecule has 1 aromatic rings. The summed E-state index contributed by atoms with van der Waals surface area (Å²) in [6, 6.07) is -6.86. The smallest absolute Gasteiger partial charge is 0.326 e. The third kappa shape index (κ3) is 24.7. The van der Waals surface area contributed by atoms with E-state index in [2.05, 4.69) is 57.8 Å². The summed E-state index contributed by atoms with van der Waals surface area (Å²) in [5.41, 5.74) is 27.9. The van der Waals surface area contributed by atoms with E-state index in [9.17, 15) is 78.3 Å². The van der Waals surface area contributed by atoms with Gasteiger partial charge in [0, 0.05) is 32.5 Å². The van der Waals surface area contributed by atoms with Crippen molar-refractivity contribution in [3.8, 4) is 5.75 Å². The maximum atomic E-state index is 14.0. The van der Waals surface area contributed by atoms with Crippen LogP contribution in [0.2, 0.25) is 0 Å². The van der Waals surface area contributed by atoms with Gasteiger partial charge >= 0.3 is 11.9 Å². The molecule has 33 nitrogen and oxygen atoms in total. The van der Waals surface area contributed by atoms with E-state index in [1.54, 1.807) is 0 Å². The topological polar surface area (TPSA) is 555 Å². The molecule has 0 saturated carbocycles. The number of carbonyl (C=O) groups excluding carboxylic acids is 9. The number of amides is 9. The number of aromatic hydroxyl groups is 1. The first kappa shape index (κ1) is 68.8. The number of nitrogens with zero attached hydrogens (tertiary/aromatic N) is 3. The fraction of sp³-hybridized carbons (Fsp3) is 0.620. The molecule has 24 N–H and O–H groups in total.